The van der Waals surface area contributed by atoms with E-state index in [0.29, 0.717) is 0 Å². The number of hydrogen-bond donors (Lipinski definition) is 0. The Bertz CT molecular complexity index is 903. The molecule has 0 aliphatic carbocycles. The number of aromatic nitrogens is 1. The molecule has 0 aliphatic heterocycles. The minimum Gasteiger partial charge on any atom is -0.298 e. The number of para-hydroxylation sites is 2. The Morgan fingerprint density at radius 3 is 1.67 bits per heavy atom. The Morgan fingerprint density at radius 1 is 0.619 bits per heavy atom. The van der Waals surface area contributed by atoms with Crippen molar-refractivity contribution in [3.63, 3.8) is 0 Å². The lowest BCUT2D eigenvalue weighted by Gasteiger charge is -2.07. The van der Waals surface area contributed by atoms with Gasteiger partial charge in [0, 0.05) is 16.1 Å². The first-order valence-corrected chi connectivity index (χ1v) is 8.30. The van der Waals surface area contributed by atoms with Crippen LogP contribution in [0.2, 0.25) is 0 Å². The first kappa shape index (κ1) is 12.4. The van der Waals surface area contributed by atoms with Gasteiger partial charge in [0.2, 0.25) is 0 Å². The third-order valence-corrected chi connectivity index (χ3v) is 5.52. The second-order valence-corrected chi connectivity index (χ2v) is 6.68. The largest absolute Gasteiger partial charge is 0.298 e. The van der Waals surface area contributed by atoms with Gasteiger partial charge in [0.1, 0.15) is 0 Å². The Kier molecular flexibility index (Phi) is 2.90. The summed E-state index contributed by atoms with van der Waals surface area (Å²) < 4.78 is 15.1. The predicted molar refractivity (Wildman–Crippen MR) is 89.9 cm³/mol. The molecule has 0 fully saturated rings. The maximum atomic E-state index is 13.1. The summed E-state index contributed by atoms with van der Waals surface area (Å²) in [6.07, 6.45) is 0. The molecule has 1 unspecified atom stereocenters. The van der Waals surface area contributed by atoms with Crippen LogP contribution in [0.15, 0.2) is 78.9 Å². The molecule has 4 aromatic rings. The van der Waals surface area contributed by atoms with Crippen LogP contribution in [0.25, 0.3) is 21.8 Å². The van der Waals surface area contributed by atoms with Gasteiger partial charge in [0.15, 0.2) is 7.95 Å². The molecule has 21 heavy (non-hydrogen) atoms. The molecule has 1 aromatic heterocycles. The van der Waals surface area contributed by atoms with Gasteiger partial charge < -0.3 is 0 Å². The third-order valence-electron chi connectivity index (χ3n) is 3.80. The van der Waals surface area contributed by atoms with E-state index in [-0.39, 0.29) is 0 Å². The van der Waals surface area contributed by atoms with Gasteiger partial charge in [-0.15, -0.1) is 0 Å². The smallest absolute Gasteiger partial charge is 0.193 e. The second kappa shape index (κ2) is 4.91. The van der Waals surface area contributed by atoms with Crippen molar-refractivity contribution < 1.29 is 4.57 Å². The van der Waals surface area contributed by atoms with Crippen LogP contribution >= 0.6 is 7.95 Å². The number of benzene rings is 3. The van der Waals surface area contributed by atoms with Gasteiger partial charge in [0.05, 0.1) is 11.0 Å². The zero-order chi connectivity index (χ0) is 14.2. The van der Waals surface area contributed by atoms with E-state index in [0.717, 1.165) is 27.1 Å². The molecular weight excluding hydrogens is 277 g/mol. The molecule has 3 aromatic carbocycles. The third kappa shape index (κ3) is 1.91. The van der Waals surface area contributed by atoms with Crippen LogP contribution in [-0.4, -0.2) is 4.34 Å². The minimum atomic E-state index is -2.09. The van der Waals surface area contributed by atoms with E-state index < -0.39 is 7.95 Å². The molecule has 0 saturated carbocycles. The summed E-state index contributed by atoms with van der Waals surface area (Å²) in [6, 6.07) is 26.0. The Labute approximate surface area is 123 Å². The van der Waals surface area contributed by atoms with Crippen molar-refractivity contribution in [2.45, 2.75) is 0 Å². The average Bonchev–Trinajstić information content (AvgIpc) is 2.90. The highest BCUT2D eigenvalue weighted by atomic mass is 31.1. The molecule has 0 saturated heterocycles. The van der Waals surface area contributed by atoms with Crippen molar-refractivity contribution in [3.05, 3.63) is 78.9 Å². The van der Waals surface area contributed by atoms with Crippen molar-refractivity contribution in [2.75, 3.05) is 0 Å². The van der Waals surface area contributed by atoms with E-state index in [1.165, 1.54) is 0 Å². The lowest BCUT2D eigenvalue weighted by Crippen LogP contribution is -2.00. The molecule has 0 spiro atoms. The molecule has 3 heteroatoms. The summed E-state index contributed by atoms with van der Waals surface area (Å²) in [5, 5.41) is 3.19. The first-order chi connectivity index (χ1) is 10.4. The van der Waals surface area contributed by atoms with Crippen LogP contribution in [0.3, 0.4) is 0 Å². The van der Waals surface area contributed by atoms with Crippen LogP contribution in [-0.2, 0) is 4.57 Å². The molecule has 0 radical (unpaired) electrons. The molecular formula is C18H14NOP. The van der Waals surface area contributed by atoms with Crippen LogP contribution in [0.1, 0.15) is 0 Å². The number of nitrogens with zero attached hydrogens (tertiary/aromatic N) is 1. The van der Waals surface area contributed by atoms with E-state index >= 15 is 0 Å². The lowest BCUT2D eigenvalue weighted by molar-refractivity contribution is 0.590. The molecule has 1 heterocycles. The van der Waals surface area contributed by atoms with Crippen LogP contribution in [0.4, 0.5) is 0 Å². The van der Waals surface area contributed by atoms with E-state index in [4.69, 9.17) is 0 Å². The molecule has 102 valence electrons. The van der Waals surface area contributed by atoms with Gasteiger partial charge in [-0.1, -0.05) is 54.6 Å². The zero-order valence-electron chi connectivity index (χ0n) is 11.4. The van der Waals surface area contributed by atoms with Crippen LogP contribution < -0.4 is 5.30 Å². The van der Waals surface area contributed by atoms with Gasteiger partial charge in [-0.2, -0.15) is 0 Å². The highest BCUT2D eigenvalue weighted by Crippen LogP contribution is 2.37. The molecule has 0 N–H and O–H groups in total. The average molecular weight is 291 g/mol. The van der Waals surface area contributed by atoms with E-state index in [9.17, 15) is 4.57 Å². The molecule has 2 nitrogen and oxygen atoms in total. The monoisotopic (exact) mass is 291 g/mol. The molecule has 1 atom stereocenters. The molecule has 0 aliphatic rings. The topological polar surface area (TPSA) is 22.0 Å². The van der Waals surface area contributed by atoms with E-state index in [1.54, 1.807) is 0 Å². The Morgan fingerprint density at radius 2 is 1.10 bits per heavy atom. The first-order valence-electron chi connectivity index (χ1n) is 6.94. The zero-order valence-corrected chi connectivity index (χ0v) is 12.4. The fourth-order valence-electron chi connectivity index (χ4n) is 2.85. The second-order valence-electron chi connectivity index (χ2n) is 5.04. The predicted octanol–water partition coefficient (Wildman–Crippen LogP) is 4.44. The van der Waals surface area contributed by atoms with E-state index in [1.807, 2.05) is 71.1 Å². The van der Waals surface area contributed by atoms with Gasteiger partial charge in [-0.3, -0.25) is 8.90 Å². The molecule has 0 amide bonds. The minimum absolute atomic E-state index is 0.883. The maximum Gasteiger partial charge on any atom is 0.193 e. The molecule has 4 rings (SSSR count). The normalized spacial score (nSPS) is 12.8. The SMILES string of the molecule is O=[PH](c1ccccc1)n1c2ccccc2c2ccccc21. The summed E-state index contributed by atoms with van der Waals surface area (Å²) in [5.74, 6) is 0. The highest BCUT2D eigenvalue weighted by Gasteiger charge is 2.14. The quantitative estimate of drug-likeness (QED) is 0.500. The van der Waals surface area contributed by atoms with Gasteiger partial charge in [0.25, 0.3) is 0 Å². The maximum absolute atomic E-state index is 13.1. The Hall–Kier alpha value is -2.31. The fourth-order valence-corrected chi connectivity index (χ4v) is 4.41. The van der Waals surface area contributed by atoms with Crippen molar-refractivity contribution >= 4 is 35.1 Å². The summed E-state index contributed by atoms with van der Waals surface area (Å²) in [5.41, 5.74) is 2.07. The van der Waals surface area contributed by atoms with Crippen LogP contribution in [0, 0.1) is 0 Å². The van der Waals surface area contributed by atoms with Crippen molar-refractivity contribution in [3.8, 4) is 0 Å². The summed E-state index contributed by atoms with van der Waals surface area (Å²) in [6.45, 7) is 0. The van der Waals surface area contributed by atoms with Crippen LogP contribution in [0.5, 0.6) is 0 Å². The molecule has 0 bridgehead atoms. The number of fused-ring (bicyclic) bond motifs is 3. The van der Waals surface area contributed by atoms with Gasteiger partial charge >= 0.3 is 0 Å². The highest BCUT2D eigenvalue weighted by molar-refractivity contribution is 7.52. The van der Waals surface area contributed by atoms with E-state index in [2.05, 4.69) is 12.1 Å². The van der Waals surface area contributed by atoms with Gasteiger partial charge in [-0.25, -0.2) is 0 Å². The van der Waals surface area contributed by atoms with Gasteiger partial charge in [-0.05, 0) is 24.3 Å². The summed E-state index contributed by atoms with van der Waals surface area (Å²) >= 11 is 0. The number of hydrogen-bond acceptors (Lipinski definition) is 1. The fraction of sp³-hybridized carbons (Fsp3) is 0. The van der Waals surface area contributed by atoms with Crippen molar-refractivity contribution in [1.29, 1.82) is 0 Å². The standard InChI is InChI=1S/C18H14NOP/c20-21(14-8-2-1-3-9-14)19-17-12-6-4-10-15(17)16-11-5-7-13-18(16)19/h1-13,21H. The van der Waals surface area contributed by atoms with Crippen molar-refractivity contribution in [2.24, 2.45) is 0 Å². The summed E-state index contributed by atoms with van der Waals surface area (Å²) in [4.78, 5) is 0. The Balaban J connectivity index is 2.09. The number of rotatable bonds is 2. The summed E-state index contributed by atoms with van der Waals surface area (Å²) in [7, 11) is -2.09. The van der Waals surface area contributed by atoms with Crippen molar-refractivity contribution in [1.82, 2.24) is 4.34 Å². The lowest BCUT2D eigenvalue weighted by atomic mass is 10.2.